The second-order valence-corrected chi connectivity index (χ2v) is 7.23. The van der Waals surface area contributed by atoms with Crippen LogP contribution in [0.15, 0.2) is 30.3 Å². The molecule has 140 valence electrons. The Labute approximate surface area is 156 Å². The van der Waals surface area contributed by atoms with Crippen LogP contribution in [-0.2, 0) is 19.4 Å². The van der Waals surface area contributed by atoms with Gasteiger partial charge in [0.1, 0.15) is 0 Å². The summed E-state index contributed by atoms with van der Waals surface area (Å²) in [5.74, 6) is 0.00765. The van der Waals surface area contributed by atoms with Crippen molar-refractivity contribution in [3.05, 3.63) is 52.8 Å². The van der Waals surface area contributed by atoms with Crippen molar-refractivity contribution in [2.75, 3.05) is 27.2 Å². The normalized spacial score (nSPS) is 16.6. The lowest BCUT2D eigenvalue weighted by atomic mass is 9.90. The molecule has 0 aliphatic heterocycles. The summed E-state index contributed by atoms with van der Waals surface area (Å²) in [5, 5.41) is 4.76. The van der Waals surface area contributed by atoms with E-state index in [1.807, 2.05) is 18.2 Å². The van der Waals surface area contributed by atoms with Crippen LogP contribution < -0.4 is 0 Å². The van der Waals surface area contributed by atoms with Gasteiger partial charge in [0.25, 0.3) is 5.91 Å². The lowest BCUT2D eigenvalue weighted by Crippen LogP contribution is -2.39. The molecule has 0 fully saturated rings. The Kier molecular flexibility index (Phi) is 5.77. The molecule has 1 heterocycles. The van der Waals surface area contributed by atoms with Crippen molar-refractivity contribution in [3.63, 3.8) is 0 Å². The number of carbonyl (C=O) groups is 1. The van der Waals surface area contributed by atoms with E-state index in [0.29, 0.717) is 11.7 Å². The minimum Gasteiger partial charge on any atom is -0.343 e. The summed E-state index contributed by atoms with van der Waals surface area (Å²) in [5.41, 5.74) is 4.25. The molecule has 1 aliphatic carbocycles. The summed E-state index contributed by atoms with van der Waals surface area (Å²) in [6.45, 7) is 7.24. The van der Waals surface area contributed by atoms with E-state index in [1.165, 1.54) is 11.3 Å². The maximum absolute atomic E-state index is 12.7. The Hall–Kier alpha value is -2.14. The van der Waals surface area contributed by atoms with Crippen molar-refractivity contribution in [3.8, 4) is 0 Å². The molecule has 0 bridgehead atoms. The first kappa shape index (κ1) is 18.6. The number of amides is 1. The van der Waals surface area contributed by atoms with E-state index >= 15 is 0 Å². The van der Waals surface area contributed by atoms with Crippen LogP contribution in [0, 0.1) is 0 Å². The van der Waals surface area contributed by atoms with E-state index in [1.54, 1.807) is 19.0 Å². The summed E-state index contributed by atoms with van der Waals surface area (Å²) in [6.07, 6.45) is 3.03. The van der Waals surface area contributed by atoms with Crippen molar-refractivity contribution < 1.29 is 4.79 Å². The average molecular weight is 354 g/mol. The molecule has 0 spiro atoms. The van der Waals surface area contributed by atoms with Crippen LogP contribution in [0.1, 0.15) is 47.6 Å². The standard InChI is InChI=1S/C21H30N4O/c1-5-24(6-2)17-12-13-19-18(14-17)20(21(26)23(3)4)22-25(19)15-16-10-8-7-9-11-16/h7-11,17H,5-6,12-15H2,1-4H3. The van der Waals surface area contributed by atoms with Gasteiger partial charge >= 0.3 is 0 Å². The van der Waals surface area contributed by atoms with Crippen molar-refractivity contribution in [2.45, 2.75) is 45.7 Å². The van der Waals surface area contributed by atoms with Crippen LogP contribution >= 0.6 is 0 Å². The molecule has 1 aliphatic rings. The fraction of sp³-hybridized carbons (Fsp3) is 0.524. The van der Waals surface area contributed by atoms with Gasteiger partial charge in [-0.2, -0.15) is 5.10 Å². The summed E-state index contributed by atoms with van der Waals surface area (Å²) in [7, 11) is 3.60. The van der Waals surface area contributed by atoms with Crippen molar-refractivity contribution in [1.82, 2.24) is 19.6 Å². The van der Waals surface area contributed by atoms with Gasteiger partial charge in [0.05, 0.1) is 6.54 Å². The molecule has 1 aromatic heterocycles. The Balaban J connectivity index is 1.96. The third-order valence-electron chi connectivity index (χ3n) is 5.43. The monoisotopic (exact) mass is 354 g/mol. The van der Waals surface area contributed by atoms with Gasteiger partial charge in [-0.15, -0.1) is 0 Å². The predicted molar refractivity (Wildman–Crippen MR) is 105 cm³/mol. The van der Waals surface area contributed by atoms with Crippen LogP contribution in [0.4, 0.5) is 0 Å². The first-order valence-corrected chi connectivity index (χ1v) is 9.63. The second-order valence-electron chi connectivity index (χ2n) is 7.23. The number of nitrogens with zero attached hydrogens (tertiary/aromatic N) is 4. The van der Waals surface area contributed by atoms with E-state index in [9.17, 15) is 4.79 Å². The highest BCUT2D eigenvalue weighted by Gasteiger charge is 2.31. The molecule has 1 unspecified atom stereocenters. The van der Waals surface area contributed by atoms with E-state index in [0.717, 1.165) is 44.5 Å². The average Bonchev–Trinajstić information content (AvgIpc) is 3.00. The number of hydrogen-bond acceptors (Lipinski definition) is 3. The number of rotatable bonds is 6. The molecule has 26 heavy (non-hydrogen) atoms. The quantitative estimate of drug-likeness (QED) is 0.801. The number of likely N-dealkylation sites (N-methyl/N-ethyl adjacent to an activating group) is 1. The molecule has 0 saturated carbocycles. The maximum Gasteiger partial charge on any atom is 0.274 e. The number of aromatic nitrogens is 2. The van der Waals surface area contributed by atoms with Gasteiger partial charge in [0, 0.05) is 31.4 Å². The Morgan fingerprint density at radius 1 is 1.19 bits per heavy atom. The highest BCUT2D eigenvalue weighted by atomic mass is 16.2. The zero-order valence-corrected chi connectivity index (χ0v) is 16.4. The maximum atomic E-state index is 12.7. The van der Waals surface area contributed by atoms with Gasteiger partial charge < -0.3 is 9.80 Å². The van der Waals surface area contributed by atoms with E-state index in [-0.39, 0.29) is 5.91 Å². The SMILES string of the molecule is CCN(CC)C1CCc2c(c(C(=O)N(C)C)nn2Cc2ccccc2)C1. The molecule has 1 aromatic carbocycles. The summed E-state index contributed by atoms with van der Waals surface area (Å²) < 4.78 is 2.06. The Morgan fingerprint density at radius 3 is 2.50 bits per heavy atom. The molecule has 5 heteroatoms. The third-order valence-corrected chi connectivity index (χ3v) is 5.43. The lowest BCUT2D eigenvalue weighted by molar-refractivity contribution is 0.0819. The van der Waals surface area contributed by atoms with Gasteiger partial charge in [-0.3, -0.25) is 9.48 Å². The smallest absolute Gasteiger partial charge is 0.274 e. The van der Waals surface area contributed by atoms with Crippen molar-refractivity contribution in [2.24, 2.45) is 0 Å². The van der Waals surface area contributed by atoms with Crippen LogP contribution in [0.2, 0.25) is 0 Å². The van der Waals surface area contributed by atoms with E-state index in [4.69, 9.17) is 5.10 Å². The number of fused-ring (bicyclic) bond motifs is 1. The zero-order chi connectivity index (χ0) is 18.7. The first-order chi connectivity index (χ1) is 12.5. The number of benzene rings is 1. The molecular weight excluding hydrogens is 324 g/mol. The number of carbonyl (C=O) groups excluding carboxylic acids is 1. The molecule has 1 amide bonds. The molecular formula is C21H30N4O. The largest absolute Gasteiger partial charge is 0.343 e. The lowest BCUT2D eigenvalue weighted by Gasteiger charge is -2.33. The van der Waals surface area contributed by atoms with Crippen LogP contribution in [0.5, 0.6) is 0 Å². The summed E-state index contributed by atoms with van der Waals surface area (Å²) in [4.78, 5) is 16.9. The van der Waals surface area contributed by atoms with Crippen molar-refractivity contribution in [1.29, 1.82) is 0 Å². The molecule has 2 aromatic rings. The molecule has 3 rings (SSSR count). The minimum atomic E-state index is 0.00765. The minimum absolute atomic E-state index is 0.00765. The highest BCUT2D eigenvalue weighted by molar-refractivity contribution is 5.93. The topological polar surface area (TPSA) is 41.4 Å². The van der Waals surface area contributed by atoms with Gasteiger partial charge in [-0.05, 0) is 37.9 Å². The highest BCUT2D eigenvalue weighted by Crippen LogP contribution is 2.28. The number of hydrogen-bond donors (Lipinski definition) is 0. The summed E-state index contributed by atoms with van der Waals surface area (Å²) >= 11 is 0. The first-order valence-electron chi connectivity index (χ1n) is 9.63. The van der Waals surface area contributed by atoms with Gasteiger partial charge in [0.2, 0.25) is 0 Å². The van der Waals surface area contributed by atoms with E-state index in [2.05, 4.69) is 35.6 Å². The third kappa shape index (κ3) is 3.68. The molecule has 0 N–H and O–H groups in total. The van der Waals surface area contributed by atoms with Gasteiger partial charge in [0.15, 0.2) is 5.69 Å². The van der Waals surface area contributed by atoms with Crippen LogP contribution in [0.3, 0.4) is 0 Å². The summed E-state index contributed by atoms with van der Waals surface area (Å²) in [6, 6.07) is 10.9. The van der Waals surface area contributed by atoms with Gasteiger partial charge in [-0.1, -0.05) is 44.2 Å². The second kappa shape index (κ2) is 8.04. The Bertz CT molecular complexity index is 747. The fourth-order valence-corrected chi connectivity index (χ4v) is 3.99. The Morgan fingerprint density at radius 2 is 1.88 bits per heavy atom. The van der Waals surface area contributed by atoms with Crippen molar-refractivity contribution >= 4 is 5.91 Å². The molecule has 5 nitrogen and oxygen atoms in total. The molecule has 0 saturated heterocycles. The molecule has 0 radical (unpaired) electrons. The van der Waals surface area contributed by atoms with Gasteiger partial charge in [-0.25, -0.2) is 0 Å². The predicted octanol–water partition coefficient (Wildman–Crippen LogP) is 2.83. The van der Waals surface area contributed by atoms with Crippen LogP contribution in [-0.4, -0.2) is 58.7 Å². The zero-order valence-electron chi connectivity index (χ0n) is 16.4. The fourth-order valence-electron chi connectivity index (χ4n) is 3.99. The van der Waals surface area contributed by atoms with Crippen LogP contribution in [0.25, 0.3) is 0 Å². The molecule has 1 atom stereocenters. The van der Waals surface area contributed by atoms with E-state index < -0.39 is 0 Å².